The van der Waals surface area contributed by atoms with Crippen molar-refractivity contribution in [2.45, 2.75) is 25.4 Å². The largest absolute Gasteiger partial charge is 0.303 e. The fourth-order valence-electron chi connectivity index (χ4n) is 1.82. The number of nitrogens with zero attached hydrogens (tertiary/aromatic N) is 3. The molecule has 1 saturated heterocycles. The van der Waals surface area contributed by atoms with Crippen LogP contribution in [0, 0.1) is 11.3 Å². The lowest BCUT2D eigenvalue weighted by Gasteiger charge is -2.41. The van der Waals surface area contributed by atoms with Crippen LogP contribution in [0.5, 0.6) is 0 Å². The predicted molar refractivity (Wildman–Crippen MR) is 48.7 cm³/mol. The minimum absolute atomic E-state index is 0.420. The minimum Gasteiger partial charge on any atom is -0.303 e. The van der Waals surface area contributed by atoms with Crippen molar-refractivity contribution in [3.63, 3.8) is 0 Å². The van der Waals surface area contributed by atoms with E-state index in [-0.39, 0.29) is 0 Å². The molecule has 0 aromatic heterocycles. The molecule has 2 unspecified atom stereocenters. The van der Waals surface area contributed by atoms with E-state index >= 15 is 0 Å². The first-order valence-electron chi connectivity index (χ1n) is 4.42. The summed E-state index contributed by atoms with van der Waals surface area (Å²) in [5.74, 6) is 0. The second kappa shape index (κ2) is 3.88. The van der Waals surface area contributed by atoms with Crippen LogP contribution in [0.4, 0.5) is 0 Å². The van der Waals surface area contributed by atoms with Gasteiger partial charge in [-0.15, -0.1) is 0 Å². The first kappa shape index (κ1) is 9.50. The Morgan fingerprint density at radius 2 is 2.08 bits per heavy atom. The Morgan fingerprint density at radius 1 is 1.42 bits per heavy atom. The maximum atomic E-state index is 8.61. The summed E-state index contributed by atoms with van der Waals surface area (Å²) in [6, 6.07) is 3.23. The average Bonchev–Trinajstić information content (AvgIpc) is 2.00. The van der Waals surface area contributed by atoms with Crippen LogP contribution in [-0.4, -0.2) is 49.1 Å². The Hall–Kier alpha value is -0.590. The summed E-state index contributed by atoms with van der Waals surface area (Å²) >= 11 is 0. The van der Waals surface area contributed by atoms with Crippen LogP contribution < -0.4 is 0 Å². The molecule has 68 valence electrons. The van der Waals surface area contributed by atoms with Gasteiger partial charge >= 0.3 is 0 Å². The summed E-state index contributed by atoms with van der Waals surface area (Å²) in [7, 11) is 4.23. The summed E-state index contributed by atoms with van der Waals surface area (Å²) in [6.45, 7) is 4.34. The molecule has 2 atom stereocenters. The van der Waals surface area contributed by atoms with E-state index in [9.17, 15) is 0 Å². The standard InChI is InChI=1S/C9H17N3/c1-8-6-11(2)7-9(4-5-10)12(8)3/h8-9H,4,6-7H2,1-3H3. The van der Waals surface area contributed by atoms with Crippen LogP contribution in [0.25, 0.3) is 0 Å². The van der Waals surface area contributed by atoms with Crippen LogP contribution in [0.15, 0.2) is 0 Å². The molecule has 0 aromatic carbocycles. The molecule has 0 radical (unpaired) electrons. The van der Waals surface area contributed by atoms with Crippen molar-refractivity contribution < 1.29 is 0 Å². The third-order valence-electron chi connectivity index (χ3n) is 2.70. The molecule has 3 nitrogen and oxygen atoms in total. The van der Waals surface area contributed by atoms with E-state index in [2.05, 4.69) is 36.9 Å². The molecule has 0 N–H and O–H groups in total. The van der Waals surface area contributed by atoms with Gasteiger partial charge in [0.15, 0.2) is 0 Å². The third-order valence-corrected chi connectivity index (χ3v) is 2.70. The van der Waals surface area contributed by atoms with E-state index in [0.717, 1.165) is 13.1 Å². The molecule has 12 heavy (non-hydrogen) atoms. The lowest BCUT2D eigenvalue weighted by molar-refractivity contribution is 0.0690. The van der Waals surface area contributed by atoms with Gasteiger partial charge < -0.3 is 4.90 Å². The molecule has 3 heteroatoms. The van der Waals surface area contributed by atoms with Gasteiger partial charge in [0.25, 0.3) is 0 Å². The monoisotopic (exact) mass is 167 g/mol. The summed E-state index contributed by atoms with van der Waals surface area (Å²) in [5.41, 5.74) is 0. The van der Waals surface area contributed by atoms with Crippen molar-refractivity contribution in [1.82, 2.24) is 9.80 Å². The second-order valence-electron chi connectivity index (χ2n) is 3.75. The van der Waals surface area contributed by atoms with Gasteiger partial charge in [-0.3, -0.25) is 4.90 Å². The number of hydrogen-bond acceptors (Lipinski definition) is 3. The van der Waals surface area contributed by atoms with Gasteiger partial charge in [0, 0.05) is 25.2 Å². The SMILES string of the molecule is CC1CN(C)CC(CC#N)N1C. The number of piperazine rings is 1. The topological polar surface area (TPSA) is 30.3 Å². The molecule has 0 saturated carbocycles. The number of rotatable bonds is 1. The van der Waals surface area contributed by atoms with Crippen molar-refractivity contribution in [3.8, 4) is 6.07 Å². The number of nitriles is 1. The molecule has 1 rings (SSSR count). The molecule has 1 fully saturated rings. The van der Waals surface area contributed by atoms with Gasteiger partial charge in [-0.2, -0.15) is 5.26 Å². The first-order chi connectivity index (χ1) is 5.65. The lowest BCUT2D eigenvalue weighted by atomic mass is 10.1. The summed E-state index contributed by atoms with van der Waals surface area (Å²) < 4.78 is 0. The zero-order valence-corrected chi connectivity index (χ0v) is 8.12. The zero-order valence-electron chi connectivity index (χ0n) is 8.12. The van der Waals surface area contributed by atoms with Crippen LogP contribution in [-0.2, 0) is 0 Å². The molecule has 0 amide bonds. The number of likely N-dealkylation sites (N-methyl/N-ethyl adjacent to an activating group) is 2. The van der Waals surface area contributed by atoms with Crippen molar-refractivity contribution >= 4 is 0 Å². The van der Waals surface area contributed by atoms with E-state index < -0.39 is 0 Å². The van der Waals surface area contributed by atoms with Crippen LogP contribution in [0.3, 0.4) is 0 Å². The van der Waals surface area contributed by atoms with Crippen molar-refractivity contribution in [2.24, 2.45) is 0 Å². The summed E-state index contributed by atoms with van der Waals surface area (Å²) in [6.07, 6.45) is 0.644. The molecular weight excluding hydrogens is 150 g/mol. The lowest BCUT2D eigenvalue weighted by Crippen LogP contribution is -2.54. The van der Waals surface area contributed by atoms with Gasteiger partial charge in [0.05, 0.1) is 12.5 Å². The molecule has 1 heterocycles. The molecule has 0 spiro atoms. The molecular formula is C9H17N3. The highest BCUT2D eigenvalue weighted by molar-refractivity contribution is 4.89. The fourth-order valence-corrected chi connectivity index (χ4v) is 1.82. The van der Waals surface area contributed by atoms with E-state index in [1.165, 1.54) is 0 Å². The molecule has 1 aliphatic rings. The minimum atomic E-state index is 0.420. The number of hydrogen-bond donors (Lipinski definition) is 0. The highest BCUT2D eigenvalue weighted by Crippen LogP contribution is 2.13. The Bertz CT molecular complexity index is 185. The summed E-state index contributed by atoms with van der Waals surface area (Å²) in [4.78, 5) is 4.61. The quantitative estimate of drug-likeness (QED) is 0.571. The maximum absolute atomic E-state index is 8.61. The smallest absolute Gasteiger partial charge is 0.0638 e. The Kier molecular flexibility index (Phi) is 3.07. The van der Waals surface area contributed by atoms with Crippen molar-refractivity contribution in [2.75, 3.05) is 27.2 Å². The summed E-state index contributed by atoms with van der Waals surface area (Å²) in [5, 5.41) is 8.61. The maximum Gasteiger partial charge on any atom is 0.0638 e. The highest BCUT2D eigenvalue weighted by Gasteiger charge is 2.26. The van der Waals surface area contributed by atoms with Crippen LogP contribution >= 0.6 is 0 Å². The Morgan fingerprint density at radius 3 is 2.67 bits per heavy atom. The average molecular weight is 167 g/mol. The van der Waals surface area contributed by atoms with E-state index in [1.54, 1.807) is 0 Å². The third kappa shape index (κ3) is 1.96. The normalized spacial score (nSPS) is 33.2. The van der Waals surface area contributed by atoms with Gasteiger partial charge in [0.2, 0.25) is 0 Å². The second-order valence-corrected chi connectivity index (χ2v) is 3.75. The molecule has 0 aliphatic carbocycles. The van der Waals surface area contributed by atoms with Crippen molar-refractivity contribution in [1.29, 1.82) is 5.26 Å². The van der Waals surface area contributed by atoms with E-state index in [1.807, 2.05) is 0 Å². The predicted octanol–water partition coefficient (Wildman–Crippen LogP) is 0.534. The fraction of sp³-hybridized carbons (Fsp3) is 0.889. The highest BCUT2D eigenvalue weighted by atomic mass is 15.3. The first-order valence-corrected chi connectivity index (χ1v) is 4.42. The van der Waals surface area contributed by atoms with Gasteiger partial charge in [0.1, 0.15) is 0 Å². The Balaban J connectivity index is 2.55. The van der Waals surface area contributed by atoms with Crippen molar-refractivity contribution in [3.05, 3.63) is 0 Å². The van der Waals surface area contributed by atoms with Crippen LogP contribution in [0.2, 0.25) is 0 Å². The van der Waals surface area contributed by atoms with Crippen LogP contribution in [0.1, 0.15) is 13.3 Å². The van der Waals surface area contributed by atoms with E-state index in [4.69, 9.17) is 5.26 Å². The molecule has 1 aliphatic heterocycles. The molecule has 0 bridgehead atoms. The van der Waals surface area contributed by atoms with Gasteiger partial charge in [-0.25, -0.2) is 0 Å². The zero-order chi connectivity index (χ0) is 9.14. The van der Waals surface area contributed by atoms with E-state index in [0.29, 0.717) is 18.5 Å². The molecule has 0 aromatic rings. The van der Waals surface area contributed by atoms with Gasteiger partial charge in [-0.1, -0.05) is 0 Å². The van der Waals surface area contributed by atoms with Gasteiger partial charge in [-0.05, 0) is 21.0 Å². The Labute approximate surface area is 74.6 Å².